The minimum atomic E-state index is -0.697. The van der Waals surface area contributed by atoms with E-state index in [4.69, 9.17) is 10.5 Å². The minimum absolute atomic E-state index is 0.350. The maximum atomic E-state index is 11.2. The van der Waals surface area contributed by atoms with Gasteiger partial charge in [0.2, 0.25) is 0 Å². The van der Waals surface area contributed by atoms with Gasteiger partial charge < -0.3 is 10.5 Å². The summed E-state index contributed by atoms with van der Waals surface area (Å²) in [6.07, 6.45) is 0. The molecule has 1 rings (SSSR count). The highest BCUT2D eigenvalue weighted by Gasteiger charge is 2.15. The van der Waals surface area contributed by atoms with Gasteiger partial charge in [0.1, 0.15) is 6.04 Å². The Hall–Kier alpha value is -1.35. The first-order valence-electron chi connectivity index (χ1n) is 4.14. The molecule has 0 aromatic heterocycles. The topological polar surface area (TPSA) is 52.3 Å². The van der Waals surface area contributed by atoms with E-state index in [1.807, 2.05) is 0 Å². The van der Waals surface area contributed by atoms with Crippen LogP contribution in [0.3, 0.4) is 0 Å². The average Bonchev–Trinajstić information content (AvgIpc) is 2.18. The van der Waals surface area contributed by atoms with Crippen LogP contribution in [0.1, 0.15) is 18.5 Å². The summed E-state index contributed by atoms with van der Waals surface area (Å²) >= 11 is 0. The fourth-order valence-electron chi connectivity index (χ4n) is 0.969. The molecule has 1 radical (unpaired) electrons. The molecule has 0 saturated heterocycles. The van der Waals surface area contributed by atoms with Crippen molar-refractivity contribution < 1.29 is 9.53 Å². The van der Waals surface area contributed by atoms with Crippen LogP contribution in [-0.2, 0) is 9.53 Å². The monoisotopic (exact) mass is 178 g/mol. The smallest absolute Gasteiger partial charge is 0.327 e. The Labute approximate surface area is 77.5 Å². The van der Waals surface area contributed by atoms with Gasteiger partial charge in [0, 0.05) is 0 Å². The Morgan fingerprint density at radius 1 is 1.77 bits per heavy atom. The SMILES string of the molecule is CCOC(=O)C(N)c1c[c]ccc1. The molecule has 0 aliphatic heterocycles. The number of hydrogen-bond donors (Lipinski definition) is 1. The van der Waals surface area contributed by atoms with Crippen LogP contribution >= 0.6 is 0 Å². The van der Waals surface area contributed by atoms with Gasteiger partial charge in [-0.1, -0.05) is 18.2 Å². The lowest BCUT2D eigenvalue weighted by atomic mass is 10.1. The summed E-state index contributed by atoms with van der Waals surface area (Å²) < 4.78 is 4.78. The third-order valence-electron chi connectivity index (χ3n) is 1.63. The number of benzene rings is 1. The fourth-order valence-corrected chi connectivity index (χ4v) is 0.969. The van der Waals surface area contributed by atoms with Crippen LogP contribution in [-0.4, -0.2) is 12.6 Å². The number of carbonyl (C=O) groups excluding carboxylic acids is 1. The number of carbonyl (C=O) groups is 1. The summed E-state index contributed by atoms with van der Waals surface area (Å²) in [5.74, 6) is -0.401. The molecule has 2 N–H and O–H groups in total. The highest BCUT2D eigenvalue weighted by Crippen LogP contribution is 2.10. The first-order chi connectivity index (χ1) is 6.25. The fraction of sp³-hybridized carbons (Fsp3) is 0.300. The zero-order chi connectivity index (χ0) is 9.68. The number of nitrogens with two attached hydrogens (primary N) is 1. The zero-order valence-electron chi connectivity index (χ0n) is 7.49. The van der Waals surface area contributed by atoms with E-state index in [2.05, 4.69) is 6.07 Å². The van der Waals surface area contributed by atoms with Crippen LogP contribution in [0.25, 0.3) is 0 Å². The van der Waals surface area contributed by atoms with E-state index in [-0.39, 0.29) is 0 Å². The number of ether oxygens (including phenoxy) is 1. The summed E-state index contributed by atoms with van der Waals surface area (Å²) in [5.41, 5.74) is 6.35. The van der Waals surface area contributed by atoms with E-state index in [1.54, 1.807) is 31.2 Å². The molecule has 0 amide bonds. The second kappa shape index (κ2) is 4.62. The molecule has 1 aromatic carbocycles. The average molecular weight is 178 g/mol. The van der Waals surface area contributed by atoms with Crippen molar-refractivity contribution in [3.8, 4) is 0 Å². The van der Waals surface area contributed by atoms with Gasteiger partial charge in [0.05, 0.1) is 6.61 Å². The standard InChI is InChI=1S/C10H12NO2/c1-2-13-10(12)9(11)8-6-4-3-5-7-8/h3-4,6-7,9H,2,11H2,1H3. The Balaban J connectivity index is 2.68. The van der Waals surface area contributed by atoms with Crippen molar-refractivity contribution in [2.45, 2.75) is 13.0 Å². The summed E-state index contributed by atoms with van der Waals surface area (Å²) in [7, 11) is 0. The lowest BCUT2D eigenvalue weighted by Gasteiger charge is -2.09. The van der Waals surface area contributed by atoms with Crippen molar-refractivity contribution in [3.05, 3.63) is 35.9 Å². The highest BCUT2D eigenvalue weighted by atomic mass is 16.5. The molecular formula is C10H12NO2. The molecule has 0 aliphatic carbocycles. The molecule has 0 spiro atoms. The number of hydrogen-bond acceptors (Lipinski definition) is 3. The van der Waals surface area contributed by atoms with Crippen LogP contribution in [0, 0.1) is 6.07 Å². The van der Waals surface area contributed by atoms with E-state index in [9.17, 15) is 4.79 Å². The van der Waals surface area contributed by atoms with Gasteiger partial charge in [-0.15, -0.1) is 0 Å². The van der Waals surface area contributed by atoms with Gasteiger partial charge in [0.15, 0.2) is 0 Å². The summed E-state index contributed by atoms with van der Waals surface area (Å²) in [6, 6.07) is 9.15. The number of rotatable bonds is 3. The second-order valence-electron chi connectivity index (χ2n) is 2.57. The van der Waals surface area contributed by atoms with Crippen LogP contribution < -0.4 is 5.73 Å². The molecule has 3 nitrogen and oxygen atoms in total. The minimum Gasteiger partial charge on any atom is -0.465 e. The van der Waals surface area contributed by atoms with E-state index < -0.39 is 12.0 Å². The number of esters is 1. The largest absolute Gasteiger partial charge is 0.465 e. The summed E-state index contributed by atoms with van der Waals surface area (Å²) in [6.45, 7) is 2.10. The van der Waals surface area contributed by atoms with E-state index >= 15 is 0 Å². The predicted octanol–water partition coefficient (Wildman–Crippen LogP) is 1.05. The van der Waals surface area contributed by atoms with E-state index in [1.165, 1.54) is 0 Å². The molecule has 1 unspecified atom stereocenters. The van der Waals surface area contributed by atoms with Gasteiger partial charge in [-0.2, -0.15) is 0 Å². The molecule has 0 aliphatic rings. The lowest BCUT2D eigenvalue weighted by Crippen LogP contribution is -2.23. The van der Waals surface area contributed by atoms with Crippen LogP contribution in [0.15, 0.2) is 24.3 Å². The molecule has 3 heteroatoms. The molecule has 0 fully saturated rings. The molecule has 0 heterocycles. The molecule has 13 heavy (non-hydrogen) atoms. The first kappa shape index (κ1) is 9.74. The van der Waals surface area contributed by atoms with Gasteiger partial charge in [0.25, 0.3) is 0 Å². The summed E-state index contributed by atoms with van der Waals surface area (Å²) in [4.78, 5) is 11.2. The van der Waals surface area contributed by atoms with Crippen molar-refractivity contribution >= 4 is 5.97 Å². The van der Waals surface area contributed by atoms with Gasteiger partial charge in [-0.25, -0.2) is 4.79 Å². The Kier molecular flexibility index (Phi) is 3.46. The first-order valence-corrected chi connectivity index (χ1v) is 4.14. The van der Waals surface area contributed by atoms with Crippen molar-refractivity contribution in [3.63, 3.8) is 0 Å². The third kappa shape index (κ3) is 2.56. The van der Waals surface area contributed by atoms with Crippen molar-refractivity contribution in [2.24, 2.45) is 5.73 Å². The zero-order valence-corrected chi connectivity index (χ0v) is 7.49. The molecule has 0 saturated carbocycles. The van der Waals surface area contributed by atoms with Gasteiger partial charge >= 0.3 is 5.97 Å². The second-order valence-corrected chi connectivity index (χ2v) is 2.57. The van der Waals surface area contributed by atoms with Crippen molar-refractivity contribution in [2.75, 3.05) is 6.61 Å². The van der Waals surface area contributed by atoms with Crippen LogP contribution in [0.4, 0.5) is 0 Å². The maximum absolute atomic E-state index is 11.2. The van der Waals surface area contributed by atoms with E-state index in [0.29, 0.717) is 6.61 Å². The van der Waals surface area contributed by atoms with E-state index in [0.717, 1.165) is 5.56 Å². The highest BCUT2D eigenvalue weighted by molar-refractivity contribution is 5.77. The van der Waals surface area contributed by atoms with Crippen molar-refractivity contribution in [1.82, 2.24) is 0 Å². The molecule has 0 bridgehead atoms. The molecule has 1 atom stereocenters. The predicted molar refractivity (Wildman–Crippen MR) is 48.8 cm³/mol. The van der Waals surface area contributed by atoms with Gasteiger partial charge in [-0.3, -0.25) is 0 Å². The summed E-state index contributed by atoms with van der Waals surface area (Å²) in [5, 5.41) is 0. The normalized spacial score (nSPS) is 12.2. The van der Waals surface area contributed by atoms with Crippen LogP contribution in [0.5, 0.6) is 0 Å². The molecular weight excluding hydrogens is 166 g/mol. The maximum Gasteiger partial charge on any atom is 0.327 e. The van der Waals surface area contributed by atoms with Gasteiger partial charge in [-0.05, 0) is 24.6 Å². The molecule has 69 valence electrons. The third-order valence-corrected chi connectivity index (χ3v) is 1.63. The Morgan fingerprint density at radius 3 is 3.08 bits per heavy atom. The van der Waals surface area contributed by atoms with Crippen LogP contribution in [0.2, 0.25) is 0 Å². The Bertz CT molecular complexity index is 272. The Morgan fingerprint density at radius 2 is 2.54 bits per heavy atom. The lowest BCUT2D eigenvalue weighted by molar-refractivity contribution is -0.144. The van der Waals surface area contributed by atoms with Crippen molar-refractivity contribution in [1.29, 1.82) is 0 Å². The quantitative estimate of drug-likeness (QED) is 0.704. The molecule has 1 aromatic rings.